The van der Waals surface area contributed by atoms with Gasteiger partial charge in [0.15, 0.2) is 0 Å². The second kappa shape index (κ2) is 6.24. The van der Waals surface area contributed by atoms with Crippen LogP contribution < -0.4 is 16.0 Å². The molecule has 5 nitrogen and oxygen atoms in total. The fourth-order valence-electron chi connectivity index (χ4n) is 2.45. The van der Waals surface area contributed by atoms with E-state index in [4.69, 9.17) is 5.73 Å². The van der Waals surface area contributed by atoms with Crippen LogP contribution in [0.15, 0.2) is 4.90 Å². The Bertz CT molecular complexity index is 501. The number of amides is 1. The number of nitrogens with two attached hydrogens (primary N) is 1. The van der Waals surface area contributed by atoms with Crippen LogP contribution >= 0.6 is 23.1 Å². The van der Waals surface area contributed by atoms with Crippen molar-refractivity contribution < 1.29 is 4.79 Å². The van der Waals surface area contributed by atoms with Gasteiger partial charge in [0, 0.05) is 26.2 Å². The lowest BCUT2D eigenvalue weighted by Gasteiger charge is -2.21. The van der Waals surface area contributed by atoms with Crippen molar-refractivity contribution in [1.29, 1.82) is 0 Å². The van der Waals surface area contributed by atoms with E-state index in [2.05, 4.69) is 29.2 Å². The summed E-state index contributed by atoms with van der Waals surface area (Å²) in [5, 5.41) is 3.80. The molecule has 1 aromatic rings. The zero-order chi connectivity index (χ0) is 14.9. The molecule has 0 bridgehead atoms. The lowest BCUT2D eigenvalue weighted by atomic mass is 10.2. The number of thioether (sulfide) groups is 1. The van der Waals surface area contributed by atoms with Crippen molar-refractivity contribution >= 4 is 39.7 Å². The van der Waals surface area contributed by atoms with Crippen molar-refractivity contribution in [3.05, 3.63) is 4.88 Å². The molecule has 1 amide bonds. The van der Waals surface area contributed by atoms with Crippen LogP contribution in [0, 0.1) is 0 Å². The number of carbonyl (C=O) groups excluding carboxylic acids is 1. The Morgan fingerprint density at radius 2 is 2.25 bits per heavy atom. The van der Waals surface area contributed by atoms with Gasteiger partial charge in [-0.3, -0.25) is 4.79 Å². The van der Waals surface area contributed by atoms with Crippen molar-refractivity contribution in [1.82, 2.24) is 10.2 Å². The molecular weight excluding hydrogens is 292 g/mol. The highest BCUT2D eigenvalue weighted by molar-refractivity contribution is 7.99. The third-order valence-electron chi connectivity index (χ3n) is 3.70. The van der Waals surface area contributed by atoms with Gasteiger partial charge in [-0.05, 0) is 26.8 Å². The van der Waals surface area contributed by atoms with E-state index in [0.29, 0.717) is 16.6 Å². The van der Waals surface area contributed by atoms with E-state index in [9.17, 15) is 4.79 Å². The fraction of sp³-hybridized carbons (Fsp3) is 0.615. The number of likely N-dealkylation sites (N-methyl/N-ethyl adjacent to an activating group) is 1. The molecule has 3 N–H and O–H groups in total. The van der Waals surface area contributed by atoms with Crippen LogP contribution in [0.1, 0.15) is 16.1 Å². The second-order valence-corrected chi connectivity index (χ2v) is 6.93. The van der Waals surface area contributed by atoms with Crippen molar-refractivity contribution in [2.45, 2.75) is 17.4 Å². The van der Waals surface area contributed by atoms with E-state index in [1.165, 1.54) is 11.3 Å². The number of rotatable bonds is 4. The average molecular weight is 314 g/mol. The summed E-state index contributed by atoms with van der Waals surface area (Å²) in [5.41, 5.74) is 6.76. The Hall–Kier alpha value is -0.920. The molecule has 1 aliphatic rings. The largest absolute Gasteiger partial charge is 0.396 e. The molecule has 1 saturated heterocycles. The first-order chi connectivity index (χ1) is 9.49. The molecule has 1 unspecified atom stereocenters. The summed E-state index contributed by atoms with van der Waals surface area (Å²) >= 11 is 3.12. The number of carbonyl (C=O) groups is 1. The van der Waals surface area contributed by atoms with Crippen LogP contribution in [0.5, 0.6) is 0 Å². The summed E-state index contributed by atoms with van der Waals surface area (Å²) in [6, 6.07) is 0.566. The van der Waals surface area contributed by atoms with Crippen LogP contribution in [0.2, 0.25) is 0 Å². The van der Waals surface area contributed by atoms with Gasteiger partial charge in [-0.2, -0.15) is 0 Å². The third-order valence-corrected chi connectivity index (χ3v) is 5.92. The van der Waals surface area contributed by atoms with Gasteiger partial charge in [0.25, 0.3) is 5.91 Å². The van der Waals surface area contributed by atoms with Gasteiger partial charge in [-0.15, -0.1) is 23.1 Å². The summed E-state index contributed by atoms with van der Waals surface area (Å²) in [6.45, 7) is 2.01. The van der Waals surface area contributed by atoms with Gasteiger partial charge in [-0.25, -0.2) is 0 Å². The van der Waals surface area contributed by atoms with Crippen molar-refractivity contribution in [2.24, 2.45) is 0 Å². The molecule has 0 saturated carbocycles. The van der Waals surface area contributed by atoms with Crippen LogP contribution in [-0.2, 0) is 0 Å². The fourth-order valence-corrected chi connectivity index (χ4v) is 4.61. The molecule has 1 fully saturated rings. The Labute approximate surface area is 128 Å². The van der Waals surface area contributed by atoms with Gasteiger partial charge in [-0.1, -0.05) is 0 Å². The number of nitrogens with zero attached hydrogens (tertiary/aromatic N) is 2. The molecule has 112 valence electrons. The highest BCUT2D eigenvalue weighted by Crippen LogP contribution is 2.44. The van der Waals surface area contributed by atoms with Crippen LogP contribution in [0.4, 0.5) is 10.7 Å². The quantitative estimate of drug-likeness (QED) is 0.826. The molecule has 20 heavy (non-hydrogen) atoms. The SMILES string of the molecule is CNC(=O)c1sc(N2CCC(N(C)C)C2)c(SC)c1N. The highest BCUT2D eigenvalue weighted by Gasteiger charge is 2.29. The molecule has 7 heteroatoms. The second-order valence-electron chi connectivity index (χ2n) is 5.11. The van der Waals surface area contributed by atoms with Crippen LogP contribution in [0.25, 0.3) is 0 Å². The first-order valence-electron chi connectivity index (χ1n) is 6.59. The van der Waals surface area contributed by atoms with E-state index in [1.807, 2.05) is 6.26 Å². The van der Waals surface area contributed by atoms with E-state index in [1.54, 1.807) is 18.8 Å². The summed E-state index contributed by atoms with van der Waals surface area (Å²) in [7, 11) is 5.86. The Morgan fingerprint density at radius 1 is 1.55 bits per heavy atom. The van der Waals surface area contributed by atoms with Gasteiger partial charge in [0.2, 0.25) is 0 Å². The van der Waals surface area contributed by atoms with Gasteiger partial charge >= 0.3 is 0 Å². The van der Waals surface area contributed by atoms with Crippen molar-refractivity contribution in [3.63, 3.8) is 0 Å². The molecule has 0 spiro atoms. The minimum absolute atomic E-state index is 0.0996. The van der Waals surface area contributed by atoms with E-state index >= 15 is 0 Å². The van der Waals surface area contributed by atoms with Gasteiger partial charge in [0.05, 0.1) is 10.6 Å². The van der Waals surface area contributed by atoms with Crippen LogP contribution in [-0.4, -0.2) is 57.3 Å². The smallest absolute Gasteiger partial charge is 0.263 e. The van der Waals surface area contributed by atoms with E-state index in [-0.39, 0.29) is 5.91 Å². The maximum absolute atomic E-state index is 11.9. The molecule has 1 atom stereocenters. The number of thiophene rings is 1. The maximum atomic E-state index is 11.9. The number of hydrogen-bond donors (Lipinski definition) is 2. The lowest BCUT2D eigenvalue weighted by molar-refractivity contribution is 0.0968. The molecule has 2 rings (SSSR count). The molecule has 0 radical (unpaired) electrons. The van der Waals surface area contributed by atoms with Gasteiger partial charge in [0.1, 0.15) is 9.88 Å². The molecule has 2 heterocycles. The third kappa shape index (κ3) is 2.75. The summed E-state index contributed by atoms with van der Waals surface area (Å²) in [6.07, 6.45) is 3.16. The Kier molecular flexibility index (Phi) is 4.82. The van der Waals surface area contributed by atoms with E-state index < -0.39 is 0 Å². The lowest BCUT2D eigenvalue weighted by Crippen LogP contribution is -2.31. The Morgan fingerprint density at radius 3 is 2.75 bits per heavy atom. The van der Waals surface area contributed by atoms with Crippen molar-refractivity contribution in [2.75, 3.05) is 51.1 Å². The summed E-state index contributed by atoms with van der Waals surface area (Å²) < 4.78 is 0. The first-order valence-corrected chi connectivity index (χ1v) is 8.63. The van der Waals surface area contributed by atoms with E-state index in [0.717, 1.165) is 29.4 Å². The molecule has 1 aromatic heterocycles. The topological polar surface area (TPSA) is 61.6 Å². The Balaban J connectivity index is 2.30. The molecular formula is C13H22N4OS2. The molecule has 0 aromatic carbocycles. The zero-order valence-corrected chi connectivity index (χ0v) is 14.0. The first kappa shape index (κ1) is 15.5. The van der Waals surface area contributed by atoms with Gasteiger partial charge < -0.3 is 20.9 Å². The molecule has 1 aliphatic heterocycles. The number of nitrogens with one attached hydrogen (secondary N) is 1. The minimum atomic E-state index is -0.0996. The normalized spacial score (nSPS) is 18.9. The summed E-state index contributed by atoms with van der Waals surface area (Å²) in [4.78, 5) is 18.2. The number of nitrogen functional groups attached to an aromatic ring is 1. The standard InChI is InChI=1S/C13H22N4OS2/c1-15-12(18)10-9(14)11(19-4)13(20-10)17-6-5-8(7-17)16(2)3/h8H,5-7,14H2,1-4H3,(H,15,18). The number of hydrogen-bond acceptors (Lipinski definition) is 6. The highest BCUT2D eigenvalue weighted by atomic mass is 32.2. The predicted octanol–water partition coefficient (Wildman–Crippen LogP) is 1.55. The zero-order valence-electron chi connectivity index (χ0n) is 12.4. The van der Waals surface area contributed by atoms with Crippen molar-refractivity contribution in [3.8, 4) is 0 Å². The minimum Gasteiger partial charge on any atom is -0.396 e. The average Bonchev–Trinajstić information content (AvgIpc) is 3.02. The summed E-state index contributed by atoms with van der Waals surface area (Å²) in [5.74, 6) is -0.0996. The van der Waals surface area contributed by atoms with Crippen LogP contribution in [0.3, 0.4) is 0 Å². The molecule has 0 aliphatic carbocycles. The monoisotopic (exact) mass is 314 g/mol. The predicted molar refractivity (Wildman–Crippen MR) is 88.2 cm³/mol. The number of anilines is 2. The maximum Gasteiger partial charge on any atom is 0.263 e.